The van der Waals surface area contributed by atoms with Crippen LogP contribution in [0.25, 0.3) is 0 Å². The highest BCUT2D eigenvalue weighted by Crippen LogP contribution is 2.25. The van der Waals surface area contributed by atoms with E-state index in [2.05, 4.69) is 29.6 Å². The van der Waals surface area contributed by atoms with Gasteiger partial charge in [0, 0.05) is 10.6 Å². The summed E-state index contributed by atoms with van der Waals surface area (Å²) < 4.78 is 5.42. The lowest BCUT2D eigenvalue weighted by atomic mass is 10.2. The lowest BCUT2D eigenvalue weighted by Gasteiger charge is -2.08. The van der Waals surface area contributed by atoms with Crippen LogP contribution in [0.3, 0.4) is 0 Å². The van der Waals surface area contributed by atoms with Gasteiger partial charge in [-0.1, -0.05) is 0 Å². The van der Waals surface area contributed by atoms with Gasteiger partial charge in [-0.05, 0) is 56.6 Å². The van der Waals surface area contributed by atoms with Crippen LogP contribution in [0.2, 0.25) is 0 Å². The first-order valence-corrected chi connectivity index (χ1v) is 6.93. The Morgan fingerprint density at radius 3 is 2.81 bits per heavy atom. The number of rotatable bonds is 5. The second-order valence-electron chi connectivity index (χ2n) is 4.07. The van der Waals surface area contributed by atoms with E-state index >= 15 is 0 Å². The highest BCUT2D eigenvalue weighted by Gasteiger charge is 2.14. The summed E-state index contributed by atoms with van der Waals surface area (Å²) in [6.07, 6.45) is 1.32. The van der Waals surface area contributed by atoms with Crippen molar-refractivity contribution in [2.45, 2.75) is 18.2 Å². The normalized spacial score (nSPS) is 19.9. The molecule has 1 unspecified atom stereocenters. The molecule has 2 nitrogen and oxygen atoms in total. The molecule has 0 saturated carbocycles. The van der Waals surface area contributed by atoms with E-state index in [1.165, 1.54) is 30.2 Å². The minimum Gasteiger partial charge on any atom is -0.494 e. The molecule has 1 aromatic carbocycles. The lowest BCUT2D eigenvalue weighted by molar-refractivity contribution is 0.340. The van der Waals surface area contributed by atoms with Gasteiger partial charge in [0.25, 0.3) is 0 Å². The molecule has 0 aliphatic carbocycles. The minimum absolute atomic E-state index is 0.736. The topological polar surface area (TPSA) is 21.3 Å². The van der Waals surface area contributed by atoms with E-state index in [0.29, 0.717) is 0 Å². The molecule has 0 bridgehead atoms. The molecule has 1 heterocycles. The predicted octanol–water partition coefficient (Wildman–Crippen LogP) is 2.79. The molecular formula is C13H19NOS. The fraction of sp³-hybridized carbons (Fsp3) is 0.538. The summed E-state index contributed by atoms with van der Waals surface area (Å²) in [6.45, 7) is 5.12. The summed E-state index contributed by atoms with van der Waals surface area (Å²) in [5.41, 5.74) is 0. The molecule has 0 spiro atoms. The van der Waals surface area contributed by atoms with Crippen molar-refractivity contribution in [1.29, 1.82) is 0 Å². The Morgan fingerprint density at radius 2 is 2.19 bits per heavy atom. The molecule has 1 saturated heterocycles. The van der Waals surface area contributed by atoms with Gasteiger partial charge in [-0.2, -0.15) is 0 Å². The van der Waals surface area contributed by atoms with Gasteiger partial charge in [-0.25, -0.2) is 0 Å². The predicted molar refractivity (Wildman–Crippen MR) is 69.3 cm³/mol. The SMILES string of the molecule is CCOc1ccc(SCC2CCNC2)cc1. The van der Waals surface area contributed by atoms with Crippen molar-refractivity contribution in [3.05, 3.63) is 24.3 Å². The Morgan fingerprint density at radius 1 is 1.38 bits per heavy atom. The van der Waals surface area contributed by atoms with Gasteiger partial charge in [0.05, 0.1) is 6.61 Å². The summed E-state index contributed by atoms with van der Waals surface area (Å²) in [6, 6.07) is 8.41. The van der Waals surface area contributed by atoms with E-state index in [9.17, 15) is 0 Å². The highest BCUT2D eigenvalue weighted by molar-refractivity contribution is 7.99. The van der Waals surface area contributed by atoms with E-state index in [-0.39, 0.29) is 0 Å². The molecule has 1 fully saturated rings. The van der Waals surface area contributed by atoms with E-state index in [1.54, 1.807) is 0 Å². The van der Waals surface area contributed by atoms with Crippen molar-refractivity contribution in [1.82, 2.24) is 5.32 Å². The molecule has 1 aliphatic heterocycles. The quantitative estimate of drug-likeness (QED) is 0.796. The number of thioether (sulfide) groups is 1. The van der Waals surface area contributed by atoms with Crippen LogP contribution in [0.1, 0.15) is 13.3 Å². The summed E-state index contributed by atoms with van der Waals surface area (Å²) in [4.78, 5) is 1.34. The van der Waals surface area contributed by atoms with Crippen molar-refractivity contribution in [2.24, 2.45) is 5.92 Å². The zero-order chi connectivity index (χ0) is 11.2. The third-order valence-electron chi connectivity index (χ3n) is 2.78. The molecule has 1 aliphatic rings. The van der Waals surface area contributed by atoms with Gasteiger partial charge >= 0.3 is 0 Å². The Labute approximate surface area is 102 Å². The molecule has 16 heavy (non-hydrogen) atoms. The number of hydrogen-bond donors (Lipinski definition) is 1. The first kappa shape index (κ1) is 11.8. The van der Waals surface area contributed by atoms with Crippen LogP contribution in [0, 0.1) is 5.92 Å². The molecule has 88 valence electrons. The number of nitrogens with one attached hydrogen (secondary N) is 1. The molecule has 3 heteroatoms. The molecule has 0 aromatic heterocycles. The van der Waals surface area contributed by atoms with Gasteiger partial charge < -0.3 is 10.1 Å². The Kier molecular flexibility index (Phi) is 4.55. The summed E-state index contributed by atoms with van der Waals surface area (Å²) in [5, 5.41) is 3.40. The molecule has 1 atom stereocenters. The first-order chi connectivity index (χ1) is 7.88. The van der Waals surface area contributed by atoms with E-state index < -0.39 is 0 Å². The zero-order valence-electron chi connectivity index (χ0n) is 9.74. The Bertz CT molecular complexity index is 306. The van der Waals surface area contributed by atoms with Crippen molar-refractivity contribution in [2.75, 3.05) is 25.4 Å². The van der Waals surface area contributed by atoms with Gasteiger partial charge in [0.1, 0.15) is 5.75 Å². The van der Waals surface area contributed by atoms with Gasteiger partial charge in [-0.15, -0.1) is 11.8 Å². The number of benzene rings is 1. The largest absolute Gasteiger partial charge is 0.494 e. The van der Waals surface area contributed by atoms with Gasteiger partial charge in [0.2, 0.25) is 0 Å². The Hall–Kier alpha value is -0.670. The summed E-state index contributed by atoms with van der Waals surface area (Å²) in [7, 11) is 0. The van der Waals surface area contributed by atoms with Crippen LogP contribution in [-0.4, -0.2) is 25.4 Å². The van der Waals surface area contributed by atoms with Crippen molar-refractivity contribution in [3.8, 4) is 5.75 Å². The molecule has 0 amide bonds. The maximum atomic E-state index is 5.42. The molecule has 1 N–H and O–H groups in total. The molecular weight excluding hydrogens is 218 g/mol. The van der Waals surface area contributed by atoms with E-state index in [1.807, 2.05) is 18.7 Å². The fourth-order valence-corrected chi connectivity index (χ4v) is 2.91. The first-order valence-electron chi connectivity index (χ1n) is 5.95. The van der Waals surface area contributed by atoms with Gasteiger partial charge in [-0.3, -0.25) is 0 Å². The smallest absolute Gasteiger partial charge is 0.119 e. The number of ether oxygens (including phenoxy) is 1. The second kappa shape index (κ2) is 6.16. The molecule has 1 aromatic rings. The monoisotopic (exact) mass is 237 g/mol. The van der Waals surface area contributed by atoms with E-state index in [4.69, 9.17) is 4.74 Å². The maximum absolute atomic E-state index is 5.42. The van der Waals surface area contributed by atoms with Gasteiger partial charge in [0.15, 0.2) is 0 Å². The highest BCUT2D eigenvalue weighted by atomic mass is 32.2. The third-order valence-corrected chi connectivity index (χ3v) is 4.03. The van der Waals surface area contributed by atoms with Crippen molar-refractivity contribution < 1.29 is 4.74 Å². The van der Waals surface area contributed by atoms with Crippen molar-refractivity contribution >= 4 is 11.8 Å². The molecule has 0 radical (unpaired) electrons. The van der Waals surface area contributed by atoms with Crippen LogP contribution in [0.5, 0.6) is 5.75 Å². The second-order valence-corrected chi connectivity index (χ2v) is 5.17. The zero-order valence-corrected chi connectivity index (χ0v) is 10.6. The van der Waals surface area contributed by atoms with Crippen LogP contribution in [0.15, 0.2) is 29.2 Å². The van der Waals surface area contributed by atoms with Crippen LogP contribution >= 0.6 is 11.8 Å². The maximum Gasteiger partial charge on any atom is 0.119 e. The number of hydrogen-bond acceptors (Lipinski definition) is 3. The van der Waals surface area contributed by atoms with Crippen molar-refractivity contribution in [3.63, 3.8) is 0 Å². The average Bonchev–Trinajstić information content (AvgIpc) is 2.82. The van der Waals surface area contributed by atoms with Crippen LogP contribution in [0.4, 0.5) is 0 Å². The molecule has 2 rings (SSSR count). The van der Waals surface area contributed by atoms with Crippen LogP contribution in [-0.2, 0) is 0 Å². The minimum atomic E-state index is 0.736. The summed E-state index contributed by atoms with van der Waals surface area (Å²) in [5.74, 6) is 3.03. The van der Waals surface area contributed by atoms with E-state index in [0.717, 1.165) is 18.3 Å². The lowest BCUT2D eigenvalue weighted by Crippen LogP contribution is -2.10. The Balaban J connectivity index is 1.80. The average molecular weight is 237 g/mol. The van der Waals surface area contributed by atoms with Crippen LogP contribution < -0.4 is 10.1 Å². The fourth-order valence-electron chi connectivity index (χ4n) is 1.87. The summed E-state index contributed by atoms with van der Waals surface area (Å²) >= 11 is 1.95. The third kappa shape index (κ3) is 3.42. The standard InChI is InChI=1S/C13H19NOS/c1-2-15-12-3-5-13(6-4-12)16-10-11-7-8-14-9-11/h3-6,11,14H,2,7-10H2,1H3.